The van der Waals surface area contributed by atoms with Gasteiger partial charge in [-0.15, -0.1) is 0 Å². The molecule has 0 radical (unpaired) electrons. The molecule has 2 aromatic rings. The smallest absolute Gasteiger partial charge is 0.254 e. The monoisotopic (exact) mass is 367 g/mol. The second-order valence-corrected chi connectivity index (χ2v) is 6.83. The summed E-state index contributed by atoms with van der Waals surface area (Å²) in [6, 6.07) is 12.7. The van der Waals surface area contributed by atoms with Crippen molar-refractivity contribution in [3.63, 3.8) is 0 Å². The number of hydrogen-bond donors (Lipinski definition) is 1. The number of carbonyl (C=O) groups is 2. The molecule has 1 aliphatic carbocycles. The molecule has 142 valence electrons. The molecule has 0 unspecified atom stereocenters. The summed E-state index contributed by atoms with van der Waals surface area (Å²) >= 11 is 0. The third-order valence-electron chi connectivity index (χ3n) is 4.63. The van der Waals surface area contributed by atoms with Crippen LogP contribution >= 0.6 is 0 Å². The molecule has 6 nitrogen and oxygen atoms in total. The van der Waals surface area contributed by atoms with Crippen molar-refractivity contribution in [3.8, 4) is 5.88 Å². The third-order valence-corrected chi connectivity index (χ3v) is 4.63. The number of aromatic nitrogens is 1. The lowest BCUT2D eigenvalue weighted by atomic mass is 10.2. The van der Waals surface area contributed by atoms with Gasteiger partial charge in [-0.25, -0.2) is 4.98 Å². The van der Waals surface area contributed by atoms with Gasteiger partial charge < -0.3 is 15.0 Å². The van der Waals surface area contributed by atoms with Gasteiger partial charge in [-0.05, 0) is 43.4 Å². The molecule has 3 rings (SSSR count). The molecule has 1 N–H and O–H groups in total. The number of rotatable bonds is 7. The zero-order chi connectivity index (χ0) is 19.1. The molecular weight excluding hydrogens is 342 g/mol. The summed E-state index contributed by atoms with van der Waals surface area (Å²) in [4.78, 5) is 30.1. The van der Waals surface area contributed by atoms with Gasteiger partial charge in [0.25, 0.3) is 5.91 Å². The van der Waals surface area contributed by atoms with Gasteiger partial charge in [0.15, 0.2) is 0 Å². The minimum Gasteiger partial charge on any atom is -0.474 e. The van der Waals surface area contributed by atoms with Gasteiger partial charge in [-0.1, -0.05) is 24.3 Å². The van der Waals surface area contributed by atoms with Gasteiger partial charge in [0, 0.05) is 31.4 Å². The first-order valence-electron chi connectivity index (χ1n) is 9.30. The van der Waals surface area contributed by atoms with Crippen LogP contribution in [0.1, 0.15) is 41.6 Å². The van der Waals surface area contributed by atoms with E-state index < -0.39 is 0 Å². The maximum absolute atomic E-state index is 12.3. The van der Waals surface area contributed by atoms with Crippen LogP contribution in [0.2, 0.25) is 0 Å². The number of benzene rings is 1. The molecule has 2 amide bonds. The van der Waals surface area contributed by atoms with Crippen molar-refractivity contribution in [2.75, 3.05) is 13.6 Å². The normalized spacial score (nSPS) is 14.0. The summed E-state index contributed by atoms with van der Waals surface area (Å²) in [5.41, 5.74) is 1.45. The van der Waals surface area contributed by atoms with E-state index in [1.54, 1.807) is 37.5 Å². The van der Waals surface area contributed by atoms with Crippen molar-refractivity contribution < 1.29 is 14.3 Å². The fourth-order valence-electron chi connectivity index (χ4n) is 3.11. The molecule has 0 aliphatic heterocycles. The largest absolute Gasteiger partial charge is 0.474 e. The topological polar surface area (TPSA) is 71.5 Å². The minimum absolute atomic E-state index is 0.00400. The average Bonchev–Trinajstić information content (AvgIpc) is 3.20. The summed E-state index contributed by atoms with van der Waals surface area (Å²) in [5, 5.41) is 2.82. The van der Waals surface area contributed by atoms with Crippen LogP contribution in [0.3, 0.4) is 0 Å². The zero-order valence-electron chi connectivity index (χ0n) is 15.6. The van der Waals surface area contributed by atoms with E-state index >= 15 is 0 Å². The summed E-state index contributed by atoms with van der Waals surface area (Å²) < 4.78 is 5.83. The predicted octanol–water partition coefficient (Wildman–Crippen LogP) is 2.79. The van der Waals surface area contributed by atoms with Crippen molar-refractivity contribution >= 4 is 11.8 Å². The lowest BCUT2D eigenvalue weighted by Crippen LogP contribution is -2.38. The fourth-order valence-corrected chi connectivity index (χ4v) is 3.11. The number of likely N-dealkylation sites (N-methyl/N-ethyl adjacent to an activating group) is 1. The quantitative estimate of drug-likeness (QED) is 0.817. The minimum atomic E-state index is -0.215. The van der Waals surface area contributed by atoms with Gasteiger partial charge >= 0.3 is 0 Å². The summed E-state index contributed by atoms with van der Waals surface area (Å²) in [5.74, 6) is 0.235. The maximum atomic E-state index is 12.3. The highest BCUT2D eigenvalue weighted by Crippen LogP contribution is 2.22. The van der Waals surface area contributed by atoms with Crippen molar-refractivity contribution in [3.05, 3.63) is 59.8 Å². The summed E-state index contributed by atoms with van der Waals surface area (Å²) in [6.07, 6.45) is 6.61. The van der Waals surface area contributed by atoms with Crippen LogP contribution in [0.5, 0.6) is 5.88 Å². The lowest BCUT2D eigenvalue weighted by Gasteiger charge is -2.17. The van der Waals surface area contributed by atoms with Gasteiger partial charge in [-0.2, -0.15) is 0 Å². The van der Waals surface area contributed by atoms with Crippen molar-refractivity contribution in [1.82, 2.24) is 15.2 Å². The molecule has 6 heteroatoms. The highest BCUT2D eigenvalue weighted by atomic mass is 16.5. The molecule has 27 heavy (non-hydrogen) atoms. The molecule has 0 bridgehead atoms. The molecule has 1 aliphatic rings. The lowest BCUT2D eigenvalue weighted by molar-refractivity contribution is -0.121. The highest BCUT2D eigenvalue weighted by molar-refractivity contribution is 5.96. The Labute approximate surface area is 159 Å². The molecule has 1 saturated carbocycles. The SMILES string of the molecule is CN(CC(=O)NCc1ccc(OC2CCCC2)nc1)C(=O)c1ccccc1. The molecule has 0 saturated heterocycles. The molecule has 1 fully saturated rings. The zero-order valence-corrected chi connectivity index (χ0v) is 15.6. The van der Waals surface area contributed by atoms with Crippen molar-refractivity contribution in [2.24, 2.45) is 0 Å². The molecule has 1 aromatic heterocycles. The Morgan fingerprint density at radius 1 is 1.15 bits per heavy atom. The van der Waals surface area contributed by atoms with Crippen molar-refractivity contribution in [2.45, 2.75) is 38.3 Å². The standard InChI is InChI=1S/C21H25N3O3/c1-24(21(26)17-7-3-2-4-8-17)15-19(25)22-13-16-11-12-20(23-14-16)27-18-9-5-6-10-18/h2-4,7-8,11-12,14,18H,5-6,9-10,13,15H2,1H3,(H,22,25). The Balaban J connectivity index is 1.43. The van der Waals surface area contributed by atoms with Crippen LogP contribution in [-0.2, 0) is 11.3 Å². The second kappa shape index (κ2) is 9.16. The number of nitrogens with zero attached hydrogens (tertiary/aromatic N) is 2. The van der Waals surface area contributed by atoms with Crippen LogP contribution < -0.4 is 10.1 Å². The predicted molar refractivity (Wildman–Crippen MR) is 102 cm³/mol. The van der Waals surface area contributed by atoms with Crippen LogP contribution in [0, 0.1) is 0 Å². The van der Waals surface area contributed by atoms with E-state index in [1.807, 2.05) is 18.2 Å². The summed E-state index contributed by atoms with van der Waals surface area (Å²) in [6.45, 7) is 0.368. The number of ether oxygens (including phenoxy) is 1. The summed E-state index contributed by atoms with van der Waals surface area (Å²) in [7, 11) is 1.62. The Bertz CT molecular complexity index is 756. The van der Waals surface area contributed by atoms with Crippen LogP contribution in [0.25, 0.3) is 0 Å². The Hall–Kier alpha value is -2.89. The fraction of sp³-hybridized carbons (Fsp3) is 0.381. The Kier molecular flexibility index (Phi) is 6.41. The molecule has 1 heterocycles. The first-order chi connectivity index (χ1) is 13.1. The first-order valence-corrected chi connectivity index (χ1v) is 9.30. The number of carbonyl (C=O) groups excluding carboxylic acids is 2. The van der Waals surface area contributed by atoms with Gasteiger partial charge in [0.05, 0.1) is 6.54 Å². The molecule has 0 atom stereocenters. The van der Waals surface area contributed by atoms with Gasteiger partial charge in [-0.3, -0.25) is 9.59 Å². The van der Waals surface area contributed by atoms with E-state index in [0.29, 0.717) is 18.0 Å². The van der Waals surface area contributed by atoms with E-state index in [9.17, 15) is 9.59 Å². The Morgan fingerprint density at radius 2 is 1.89 bits per heavy atom. The highest BCUT2D eigenvalue weighted by Gasteiger charge is 2.17. The Morgan fingerprint density at radius 3 is 2.56 bits per heavy atom. The van der Waals surface area contributed by atoms with Crippen molar-refractivity contribution in [1.29, 1.82) is 0 Å². The van der Waals surface area contributed by atoms with E-state index in [1.165, 1.54) is 17.7 Å². The van der Waals surface area contributed by atoms with Crippen LogP contribution in [-0.4, -0.2) is 41.4 Å². The molecule has 0 spiro atoms. The van der Waals surface area contributed by atoms with E-state index in [2.05, 4.69) is 10.3 Å². The molecular formula is C21H25N3O3. The average molecular weight is 367 g/mol. The third kappa shape index (κ3) is 5.54. The van der Waals surface area contributed by atoms with Crippen LogP contribution in [0.15, 0.2) is 48.7 Å². The number of nitrogens with one attached hydrogen (secondary N) is 1. The molecule has 1 aromatic carbocycles. The number of hydrogen-bond acceptors (Lipinski definition) is 4. The van der Waals surface area contributed by atoms with Crippen LogP contribution in [0.4, 0.5) is 0 Å². The first kappa shape index (κ1) is 18.9. The van der Waals surface area contributed by atoms with E-state index in [4.69, 9.17) is 4.74 Å². The second-order valence-electron chi connectivity index (χ2n) is 6.83. The number of amides is 2. The maximum Gasteiger partial charge on any atom is 0.254 e. The van der Waals surface area contributed by atoms with E-state index in [-0.39, 0.29) is 24.5 Å². The number of pyridine rings is 1. The van der Waals surface area contributed by atoms with E-state index in [0.717, 1.165) is 18.4 Å². The van der Waals surface area contributed by atoms with Gasteiger partial charge in [0.2, 0.25) is 11.8 Å². The van der Waals surface area contributed by atoms with Gasteiger partial charge in [0.1, 0.15) is 6.10 Å².